The Bertz CT molecular complexity index is 1020. The lowest BCUT2D eigenvalue weighted by atomic mass is 10.1. The zero-order valence-electron chi connectivity index (χ0n) is 21.5. The maximum Gasteiger partial charge on any atom is 0.411 e. The van der Waals surface area contributed by atoms with Gasteiger partial charge in [0, 0.05) is 12.6 Å². The summed E-state index contributed by atoms with van der Waals surface area (Å²) in [6.07, 6.45) is 2.77. The number of carbonyl (C=O) groups is 2. The van der Waals surface area contributed by atoms with Gasteiger partial charge in [0.1, 0.15) is 24.1 Å². The highest BCUT2D eigenvalue weighted by Crippen LogP contribution is 2.26. The van der Waals surface area contributed by atoms with Crippen LogP contribution in [0.3, 0.4) is 0 Å². The van der Waals surface area contributed by atoms with E-state index in [2.05, 4.69) is 26.0 Å². The maximum atomic E-state index is 14.6. The van der Waals surface area contributed by atoms with E-state index >= 15 is 0 Å². The number of nitrogens with one attached hydrogen (secondary N) is 4. The fourth-order valence-corrected chi connectivity index (χ4v) is 3.49. The van der Waals surface area contributed by atoms with E-state index in [4.69, 9.17) is 10.5 Å². The maximum absolute atomic E-state index is 14.6. The molecule has 12 heteroatoms. The molecular formula is C26H36F3N5O4. The van der Waals surface area contributed by atoms with Gasteiger partial charge in [-0.25, -0.2) is 22.8 Å². The van der Waals surface area contributed by atoms with Gasteiger partial charge in [0.15, 0.2) is 0 Å². The fraction of sp³-hybridized carbons (Fsp3) is 0.462. The van der Waals surface area contributed by atoms with Crippen LogP contribution in [0.2, 0.25) is 0 Å². The first-order chi connectivity index (χ1) is 18.3. The van der Waals surface area contributed by atoms with Crippen molar-refractivity contribution >= 4 is 23.4 Å². The number of hydrogen-bond donors (Lipinski definition) is 5. The molecule has 0 aliphatic heterocycles. The summed E-state index contributed by atoms with van der Waals surface area (Å²) in [6.45, 7) is 4.20. The Kier molecular flexibility index (Phi) is 14.0. The van der Waals surface area contributed by atoms with Crippen LogP contribution in [0.1, 0.15) is 41.6 Å². The van der Waals surface area contributed by atoms with Gasteiger partial charge >= 0.3 is 12.1 Å². The summed E-state index contributed by atoms with van der Waals surface area (Å²) in [5.41, 5.74) is 5.35. The van der Waals surface area contributed by atoms with Gasteiger partial charge in [-0.05, 0) is 88.2 Å². The highest BCUT2D eigenvalue weighted by molar-refractivity contribution is 6.00. The van der Waals surface area contributed by atoms with Crippen LogP contribution in [0.4, 0.5) is 29.3 Å². The Labute approximate surface area is 220 Å². The third-order valence-electron chi connectivity index (χ3n) is 5.40. The second-order valence-corrected chi connectivity index (χ2v) is 8.48. The molecule has 0 heterocycles. The van der Waals surface area contributed by atoms with Gasteiger partial charge in [0.2, 0.25) is 0 Å². The van der Waals surface area contributed by atoms with Gasteiger partial charge in [-0.15, -0.1) is 0 Å². The minimum Gasteiger partial charge on any atom is -0.465 e. The fourth-order valence-electron chi connectivity index (χ4n) is 3.49. The lowest BCUT2D eigenvalue weighted by molar-refractivity contribution is 0.0601. The van der Waals surface area contributed by atoms with Crippen LogP contribution in [-0.2, 0) is 16.1 Å². The Morgan fingerprint density at radius 2 is 1.45 bits per heavy atom. The van der Waals surface area contributed by atoms with Gasteiger partial charge in [0.05, 0.1) is 24.0 Å². The molecule has 0 aromatic heterocycles. The lowest BCUT2D eigenvalue weighted by Gasteiger charge is -2.14. The van der Waals surface area contributed by atoms with Crippen LogP contribution in [0, 0.1) is 17.5 Å². The Hall–Kier alpha value is -3.35. The quantitative estimate of drug-likeness (QED) is 0.152. The van der Waals surface area contributed by atoms with Gasteiger partial charge in [-0.1, -0.05) is 0 Å². The molecule has 0 radical (unpaired) electrons. The summed E-state index contributed by atoms with van der Waals surface area (Å²) in [5.74, 6) is -3.19. The number of amides is 1. The van der Waals surface area contributed by atoms with Crippen LogP contribution in [0.15, 0.2) is 30.3 Å². The number of methoxy groups -OCH3 is 1. The standard InChI is InChI=1S/C26H36F3N5O4/c1-37-25(35)21-15-22(29)24(33-11-5-10-32-8-3-2-7-31-9-4-6-30)16-23(21)34-26(36)38-17-18-12-19(27)14-20(28)13-18/h12-16,31-33H,2-11,17,30H2,1H3,(H,34,36). The summed E-state index contributed by atoms with van der Waals surface area (Å²) in [5, 5.41) is 12.0. The number of benzene rings is 2. The zero-order valence-corrected chi connectivity index (χ0v) is 21.5. The Morgan fingerprint density at radius 3 is 2.08 bits per heavy atom. The van der Waals surface area contributed by atoms with Crippen molar-refractivity contribution in [3.8, 4) is 0 Å². The van der Waals surface area contributed by atoms with Crippen LogP contribution in [-0.4, -0.2) is 58.4 Å². The van der Waals surface area contributed by atoms with Crippen molar-refractivity contribution in [1.29, 1.82) is 0 Å². The molecular weight excluding hydrogens is 503 g/mol. The first-order valence-electron chi connectivity index (χ1n) is 12.5. The normalized spacial score (nSPS) is 10.8. The monoisotopic (exact) mass is 539 g/mol. The van der Waals surface area contributed by atoms with E-state index in [0.717, 1.165) is 70.8 Å². The molecule has 0 atom stereocenters. The van der Waals surface area contributed by atoms with Crippen LogP contribution in [0.5, 0.6) is 0 Å². The largest absolute Gasteiger partial charge is 0.465 e. The van der Waals surface area contributed by atoms with E-state index in [9.17, 15) is 22.8 Å². The zero-order chi connectivity index (χ0) is 27.8. The van der Waals surface area contributed by atoms with E-state index in [1.54, 1.807) is 0 Å². The van der Waals surface area contributed by atoms with Gasteiger partial charge in [0.25, 0.3) is 0 Å². The number of anilines is 2. The molecule has 38 heavy (non-hydrogen) atoms. The van der Waals surface area contributed by atoms with Crippen LogP contribution >= 0.6 is 0 Å². The topological polar surface area (TPSA) is 127 Å². The smallest absolute Gasteiger partial charge is 0.411 e. The average molecular weight is 540 g/mol. The number of nitrogens with two attached hydrogens (primary N) is 1. The highest BCUT2D eigenvalue weighted by Gasteiger charge is 2.19. The van der Waals surface area contributed by atoms with E-state index in [-0.39, 0.29) is 22.5 Å². The number of rotatable bonds is 17. The summed E-state index contributed by atoms with van der Waals surface area (Å²) in [7, 11) is 1.12. The minimum atomic E-state index is -1.00. The molecule has 210 valence electrons. The van der Waals surface area contributed by atoms with E-state index in [0.29, 0.717) is 25.6 Å². The molecule has 0 aliphatic carbocycles. The molecule has 1 amide bonds. The molecule has 9 nitrogen and oxygen atoms in total. The van der Waals surface area contributed by atoms with Crippen molar-refractivity contribution in [2.45, 2.75) is 32.3 Å². The molecule has 0 bridgehead atoms. The first kappa shape index (κ1) is 30.9. The number of esters is 1. The minimum absolute atomic E-state index is 0.0469. The van der Waals surface area contributed by atoms with Crippen molar-refractivity contribution in [3.05, 3.63) is 58.9 Å². The van der Waals surface area contributed by atoms with Crippen LogP contribution < -0.4 is 27.0 Å². The predicted molar refractivity (Wildman–Crippen MR) is 140 cm³/mol. The summed E-state index contributed by atoms with van der Waals surface area (Å²) < 4.78 is 50.9. The molecule has 0 unspecified atom stereocenters. The number of unbranched alkanes of at least 4 members (excludes halogenated alkanes) is 1. The van der Waals surface area contributed by atoms with Crippen molar-refractivity contribution < 1.29 is 32.2 Å². The second-order valence-electron chi connectivity index (χ2n) is 8.48. The molecule has 6 N–H and O–H groups in total. The highest BCUT2D eigenvalue weighted by atomic mass is 19.1. The molecule has 0 saturated heterocycles. The number of carbonyl (C=O) groups excluding carboxylic acids is 2. The summed E-state index contributed by atoms with van der Waals surface area (Å²) in [6, 6.07) is 4.95. The van der Waals surface area contributed by atoms with Crippen molar-refractivity contribution in [2.75, 3.05) is 57.0 Å². The second kappa shape index (κ2) is 17.2. The summed E-state index contributed by atoms with van der Waals surface area (Å²) >= 11 is 0. The van der Waals surface area contributed by atoms with Gasteiger partial charge < -0.3 is 31.2 Å². The molecule has 0 fully saturated rings. The first-order valence-corrected chi connectivity index (χ1v) is 12.5. The van der Waals surface area contributed by atoms with Gasteiger partial charge in [-0.3, -0.25) is 5.32 Å². The molecule has 0 aliphatic rings. The van der Waals surface area contributed by atoms with Crippen molar-refractivity contribution in [1.82, 2.24) is 10.6 Å². The number of ether oxygens (including phenoxy) is 2. The average Bonchev–Trinajstić information content (AvgIpc) is 2.88. The molecule has 2 aromatic carbocycles. The number of halogens is 3. The predicted octanol–water partition coefficient (Wildman–Crippen LogP) is 3.75. The molecule has 2 aromatic rings. The van der Waals surface area contributed by atoms with Gasteiger partial charge in [-0.2, -0.15) is 0 Å². The van der Waals surface area contributed by atoms with Crippen molar-refractivity contribution in [3.63, 3.8) is 0 Å². The van der Waals surface area contributed by atoms with E-state index < -0.39 is 36.1 Å². The third-order valence-corrected chi connectivity index (χ3v) is 5.40. The molecule has 2 rings (SSSR count). The lowest BCUT2D eigenvalue weighted by Crippen LogP contribution is -2.22. The summed E-state index contributed by atoms with van der Waals surface area (Å²) in [4.78, 5) is 24.4. The van der Waals surface area contributed by atoms with Crippen LogP contribution in [0.25, 0.3) is 0 Å². The van der Waals surface area contributed by atoms with E-state index in [1.165, 1.54) is 6.07 Å². The third kappa shape index (κ3) is 11.4. The van der Waals surface area contributed by atoms with Crippen molar-refractivity contribution in [2.24, 2.45) is 5.73 Å². The molecule has 0 spiro atoms. The Balaban J connectivity index is 1.84. The van der Waals surface area contributed by atoms with E-state index in [1.807, 2.05) is 0 Å². The SMILES string of the molecule is COC(=O)c1cc(F)c(NCCCNCCCCNCCCN)cc1NC(=O)OCc1cc(F)cc(F)c1. The Morgan fingerprint density at radius 1 is 0.816 bits per heavy atom. The molecule has 0 saturated carbocycles. The number of hydrogen-bond acceptors (Lipinski definition) is 8.